The van der Waals surface area contributed by atoms with E-state index in [1.54, 1.807) is 49.1 Å². The summed E-state index contributed by atoms with van der Waals surface area (Å²) in [6.07, 6.45) is 2.89. The van der Waals surface area contributed by atoms with E-state index < -0.39 is 11.5 Å². The van der Waals surface area contributed by atoms with Crippen molar-refractivity contribution in [3.63, 3.8) is 0 Å². The predicted octanol–water partition coefficient (Wildman–Crippen LogP) is 3.06. The predicted molar refractivity (Wildman–Crippen MR) is 109 cm³/mol. The minimum Gasteiger partial charge on any atom is -0.488 e. The van der Waals surface area contributed by atoms with Crippen LogP contribution < -0.4 is 15.2 Å². The molecule has 1 saturated heterocycles. The molecular formula is C21H24ClN3O4. The Morgan fingerprint density at radius 3 is 2.62 bits per heavy atom. The van der Waals surface area contributed by atoms with E-state index in [9.17, 15) is 9.59 Å². The molecule has 3 rings (SSSR count). The van der Waals surface area contributed by atoms with Gasteiger partial charge in [-0.2, -0.15) is 0 Å². The van der Waals surface area contributed by atoms with E-state index in [2.05, 4.69) is 4.98 Å². The number of carbonyl (C=O) groups excluding carboxylic acids is 2. The number of pyridine rings is 1. The second kappa shape index (κ2) is 8.69. The third kappa shape index (κ3) is 5.38. The molecular weight excluding hydrogens is 394 g/mol. The van der Waals surface area contributed by atoms with Crippen LogP contribution in [0.25, 0.3) is 0 Å². The molecule has 1 aliphatic heterocycles. The average molecular weight is 418 g/mol. The lowest BCUT2D eigenvalue weighted by atomic mass is 10.0. The lowest BCUT2D eigenvalue weighted by molar-refractivity contribution is -0.148. The molecule has 0 radical (unpaired) electrons. The van der Waals surface area contributed by atoms with Gasteiger partial charge in [0.05, 0.1) is 6.54 Å². The van der Waals surface area contributed by atoms with Gasteiger partial charge in [-0.25, -0.2) is 0 Å². The Kier molecular flexibility index (Phi) is 6.27. The minimum absolute atomic E-state index is 0.117. The first-order valence-electron chi connectivity index (χ1n) is 9.41. The van der Waals surface area contributed by atoms with Crippen molar-refractivity contribution in [1.29, 1.82) is 0 Å². The van der Waals surface area contributed by atoms with E-state index >= 15 is 0 Å². The molecule has 1 aromatic carbocycles. The van der Waals surface area contributed by atoms with Gasteiger partial charge in [0.1, 0.15) is 23.3 Å². The van der Waals surface area contributed by atoms with Crippen LogP contribution in [-0.4, -0.2) is 46.5 Å². The van der Waals surface area contributed by atoms with Gasteiger partial charge in [-0.05, 0) is 57.0 Å². The second-order valence-corrected chi connectivity index (χ2v) is 7.88. The molecule has 2 aromatic rings. The van der Waals surface area contributed by atoms with Gasteiger partial charge in [-0.15, -0.1) is 0 Å². The van der Waals surface area contributed by atoms with Crippen LogP contribution in [0.4, 0.5) is 0 Å². The summed E-state index contributed by atoms with van der Waals surface area (Å²) in [7, 11) is 0. The first-order chi connectivity index (χ1) is 13.7. The van der Waals surface area contributed by atoms with Gasteiger partial charge < -0.3 is 20.1 Å². The maximum atomic E-state index is 13.1. The van der Waals surface area contributed by atoms with Crippen molar-refractivity contribution in [2.75, 3.05) is 13.1 Å². The van der Waals surface area contributed by atoms with Gasteiger partial charge in [0.25, 0.3) is 11.8 Å². The summed E-state index contributed by atoms with van der Waals surface area (Å²) in [5.41, 5.74) is 4.37. The van der Waals surface area contributed by atoms with Crippen molar-refractivity contribution in [2.24, 2.45) is 5.73 Å². The second-order valence-electron chi connectivity index (χ2n) is 7.44. The topological polar surface area (TPSA) is 94.8 Å². The van der Waals surface area contributed by atoms with Gasteiger partial charge in [0.2, 0.25) is 0 Å². The zero-order chi connectivity index (χ0) is 21.0. The van der Waals surface area contributed by atoms with Gasteiger partial charge in [-0.1, -0.05) is 11.6 Å². The molecule has 0 spiro atoms. The number of nitrogens with two attached hydrogens (primary N) is 1. The van der Waals surface area contributed by atoms with Gasteiger partial charge in [0.15, 0.2) is 5.60 Å². The molecule has 154 valence electrons. The Balaban J connectivity index is 1.64. The fourth-order valence-corrected chi connectivity index (χ4v) is 3.38. The largest absolute Gasteiger partial charge is 0.488 e. The van der Waals surface area contributed by atoms with Crippen LogP contribution in [0.1, 0.15) is 37.2 Å². The first kappa shape index (κ1) is 20.9. The molecule has 1 fully saturated rings. The van der Waals surface area contributed by atoms with Gasteiger partial charge in [-0.3, -0.25) is 14.6 Å². The number of benzene rings is 1. The van der Waals surface area contributed by atoms with E-state index in [0.717, 1.165) is 12.8 Å². The van der Waals surface area contributed by atoms with Crippen molar-refractivity contribution < 1.29 is 19.1 Å². The summed E-state index contributed by atoms with van der Waals surface area (Å²) < 4.78 is 11.9. The third-order valence-electron chi connectivity index (χ3n) is 4.65. The quantitative estimate of drug-likeness (QED) is 0.779. The number of primary amides is 1. The molecule has 2 N–H and O–H groups in total. The Labute approximate surface area is 174 Å². The number of hydrogen-bond donors (Lipinski definition) is 1. The molecule has 2 heterocycles. The number of piperidine rings is 1. The van der Waals surface area contributed by atoms with Gasteiger partial charge >= 0.3 is 0 Å². The average Bonchev–Trinajstić information content (AvgIpc) is 2.69. The highest BCUT2D eigenvalue weighted by molar-refractivity contribution is 6.30. The highest BCUT2D eigenvalue weighted by Crippen LogP contribution is 2.25. The van der Waals surface area contributed by atoms with Gasteiger partial charge in [0, 0.05) is 23.8 Å². The number of hydrogen-bond acceptors (Lipinski definition) is 5. The maximum absolute atomic E-state index is 13.1. The summed E-state index contributed by atoms with van der Waals surface area (Å²) in [6.45, 7) is 4.56. The summed E-state index contributed by atoms with van der Waals surface area (Å²) in [4.78, 5) is 30.0. The summed E-state index contributed by atoms with van der Waals surface area (Å²) >= 11 is 5.90. The van der Waals surface area contributed by atoms with Crippen LogP contribution >= 0.6 is 11.6 Å². The van der Waals surface area contributed by atoms with Crippen molar-refractivity contribution in [3.05, 3.63) is 53.3 Å². The van der Waals surface area contributed by atoms with Crippen LogP contribution in [-0.2, 0) is 4.79 Å². The molecule has 29 heavy (non-hydrogen) atoms. The first-order valence-corrected chi connectivity index (χ1v) is 9.79. The normalized spacial score (nSPS) is 16.9. The number of ether oxygens (including phenoxy) is 2. The van der Waals surface area contributed by atoms with Crippen molar-refractivity contribution in [1.82, 2.24) is 9.88 Å². The van der Waals surface area contributed by atoms with E-state index in [1.165, 1.54) is 12.3 Å². The highest BCUT2D eigenvalue weighted by Gasteiger charge is 2.37. The molecule has 0 bridgehead atoms. The molecule has 0 saturated carbocycles. The Bertz CT molecular complexity index is 886. The molecule has 1 aliphatic rings. The minimum atomic E-state index is -1.04. The molecule has 1 atom stereocenters. The summed E-state index contributed by atoms with van der Waals surface area (Å²) in [5.74, 6) is 0.350. The molecule has 8 heteroatoms. The van der Waals surface area contributed by atoms with E-state index in [-0.39, 0.29) is 17.7 Å². The Morgan fingerprint density at radius 2 is 1.93 bits per heavy atom. The molecule has 2 amide bonds. The SMILES string of the molecule is CC(C)(Oc1ccc(Cl)cc1)C(=O)N1CCCC(Oc2ccnc(C(N)=O)c2)C1. The number of likely N-dealkylation sites (tertiary alicyclic amines) is 1. The van der Waals surface area contributed by atoms with Crippen molar-refractivity contribution in [2.45, 2.75) is 38.4 Å². The highest BCUT2D eigenvalue weighted by atomic mass is 35.5. The van der Waals surface area contributed by atoms with Crippen LogP contribution in [0.5, 0.6) is 11.5 Å². The van der Waals surface area contributed by atoms with E-state index in [0.29, 0.717) is 29.6 Å². The summed E-state index contributed by atoms with van der Waals surface area (Å²) in [6, 6.07) is 10.1. The molecule has 1 aromatic heterocycles. The standard InChI is InChI=1S/C21H24ClN3O4/c1-21(2,29-15-7-5-14(22)6-8-15)20(27)25-11-3-4-17(13-25)28-16-9-10-24-18(12-16)19(23)26/h5-10,12,17H,3-4,11,13H2,1-2H3,(H2,23,26). The summed E-state index contributed by atoms with van der Waals surface area (Å²) in [5, 5.41) is 0.605. The number of rotatable bonds is 6. The lowest BCUT2D eigenvalue weighted by Gasteiger charge is -2.37. The zero-order valence-corrected chi connectivity index (χ0v) is 17.2. The number of aromatic nitrogens is 1. The number of halogens is 1. The van der Waals surface area contributed by atoms with Crippen LogP contribution in [0, 0.1) is 0 Å². The monoisotopic (exact) mass is 417 g/mol. The Morgan fingerprint density at radius 1 is 1.21 bits per heavy atom. The molecule has 1 unspecified atom stereocenters. The van der Waals surface area contributed by atoms with Crippen LogP contribution in [0.2, 0.25) is 5.02 Å². The Hall–Kier alpha value is -2.80. The smallest absolute Gasteiger partial charge is 0.267 e. The molecule has 0 aliphatic carbocycles. The lowest BCUT2D eigenvalue weighted by Crippen LogP contribution is -2.53. The van der Waals surface area contributed by atoms with Crippen molar-refractivity contribution in [3.8, 4) is 11.5 Å². The molecule has 7 nitrogen and oxygen atoms in total. The third-order valence-corrected chi connectivity index (χ3v) is 4.91. The maximum Gasteiger partial charge on any atom is 0.267 e. The fourth-order valence-electron chi connectivity index (χ4n) is 3.25. The van der Waals surface area contributed by atoms with E-state index in [1.807, 2.05) is 0 Å². The zero-order valence-electron chi connectivity index (χ0n) is 16.4. The van der Waals surface area contributed by atoms with Crippen LogP contribution in [0.3, 0.4) is 0 Å². The fraction of sp³-hybridized carbons (Fsp3) is 0.381. The van der Waals surface area contributed by atoms with Crippen molar-refractivity contribution >= 4 is 23.4 Å². The number of carbonyl (C=O) groups is 2. The van der Waals surface area contributed by atoms with Crippen LogP contribution in [0.15, 0.2) is 42.6 Å². The van der Waals surface area contributed by atoms with E-state index in [4.69, 9.17) is 26.8 Å². The number of amides is 2. The number of nitrogens with zero attached hydrogens (tertiary/aromatic N) is 2.